The zero-order valence-corrected chi connectivity index (χ0v) is 13.2. The predicted octanol–water partition coefficient (Wildman–Crippen LogP) is 2.97. The molecule has 0 spiro atoms. The fourth-order valence-corrected chi connectivity index (χ4v) is 2.83. The lowest BCUT2D eigenvalue weighted by Crippen LogP contribution is -2.29. The van der Waals surface area contributed by atoms with Crippen LogP contribution in [0.2, 0.25) is 0 Å². The van der Waals surface area contributed by atoms with E-state index in [1.807, 2.05) is 0 Å². The minimum Gasteiger partial charge on any atom is -0.393 e. The van der Waals surface area contributed by atoms with Gasteiger partial charge in [0.2, 0.25) is 0 Å². The number of aromatic nitrogens is 2. The van der Waals surface area contributed by atoms with E-state index < -0.39 is 0 Å². The Morgan fingerprint density at radius 2 is 1.81 bits per heavy atom. The van der Waals surface area contributed by atoms with E-state index in [1.165, 1.54) is 5.56 Å². The Bertz CT molecular complexity index is 430. The van der Waals surface area contributed by atoms with Gasteiger partial charge in [-0.2, -0.15) is 0 Å². The molecule has 0 aromatic carbocycles. The van der Waals surface area contributed by atoms with Gasteiger partial charge in [0, 0.05) is 18.2 Å². The molecule has 1 heterocycles. The first-order valence-electron chi connectivity index (χ1n) is 8.26. The molecule has 5 nitrogen and oxygen atoms in total. The lowest BCUT2D eigenvalue weighted by atomic mass is 9.93. The molecule has 0 saturated heterocycles. The number of aliphatic hydroxyl groups excluding tert-OH is 1. The number of nitrogens with one attached hydrogen (secondary N) is 2. The minimum absolute atomic E-state index is 0.120. The predicted molar refractivity (Wildman–Crippen MR) is 86.7 cm³/mol. The Hall–Kier alpha value is -1.36. The van der Waals surface area contributed by atoms with Gasteiger partial charge in [-0.25, -0.2) is 9.97 Å². The standard InChI is InChI=1S/C16H28N4O/c1-3-5-14-15(17-10-4-2)18-11-19-16(14)20-12-6-8-13(21)9-7-12/h11-13,21H,3-10H2,1-2H3,(H2,17,18,19,20). The number of anilines is 2. The summed E-state index contributed by atoms with van der Waals surface area (Å²) in [5.74, 6) is 1.93. The van der Waals surface area contributed by atoms with Gasteiger partial charge in [0.05, 0.1) is 6.10 Å². The maximum Gasteiger partial charge on any atom is 0.134 e. The van der Waals surface area contributed by atoms with Crippen molar-refractivity contribution in [2.24, 2.45) is 0 Å². The van der Waals surface area contributed by atoms with Gasteiger partial charge in [-0.05, 0) is 38.5 Å². The van der Waals surface area contributed by atoms with Crippen LogP contribution in [0.5, 0.6) is 0 Å². The van der Waals surface area contributed by atoms with Crippen LogP contribution in [0.15, 0.2) is 6.33 Å². The minimum atomic E-state index is -0.120. The van der Waals surface area contributed by atoms with E-state index in [0.717, 1.165) is 63.1 Å². The molecule has 1 aliphatic rings. The Kier molecular flexibility index (Phi) is 6.23. The second-order valence-corrected chi connectivity index (χ2v) is 5.88. The quantitative estimate of drug-likeness (QED) is 0.721. The molecule has 2 rings (SSSR count). The first-order valence-corrected chi connectivity index (χ1v) is 8.26. The van der Waals surface area contributed by atoms with Gasteiger partial charge in [0.15, 0.2) is 0 Å². The van der Waals surface area contributed by atoms with Crippen LogP contribution in [0.4, 0.5) is 11.6 Å². The first kappa shape index (κ1) is 16.0. The van der Waals surface area contributed by atoms with E-state index >= 15 is 0 Å². The number of aliphatic hydroxyl groups is 1. The van der Waals surface area contributed by atoms with E-state index in [-0.39, 0.29) is 6.10 Å². The normalized spacial score (nSPS) is 22.0. The van der Waals surface area contributed by atoms with Gasteiger partial charge in [0.25, 0.3) is 0 Å². The second-order valence-electron chi connectivity index (χ2n) is 5.88. The van der Waals surface area contributed by atoms with E-state index in [2.05, 4.69) is 34.4 Å². The van der Waals surface area contributed by atoms with Crippen LogP contribution in [0.1, 0.15) is 57.9 Å². The van der Waals surface area contributed by atoms with E-state index in [1.54, 1.807) is 6.33 Å². The number of rotatable bonds is 7. The first-order chi connectivity index (χ1) is 10.2. The Morgan fingerprint density at radius 3 is 2.48 bits per heavy atom. The molecule has 1 aromatic rings. The summed E-state index contributed by atoms with van der Waals surface area (Å²) >= 11 is 0. The van der Waals surface area contributed by atoms with Crippen molar-refractivity contribution in [3.63, 3.8) is 0 Å². The van der Waals surface area contributed by atoms with Crippen LogP contribution in [0.25, 0.3) is 0 Å². The van der Waals surface area contributed by atoms with Crippen LogP contribution >= 0.6 is 0 Å². The Balaban J connectivity index is 2.09. The van der Waals surface area contributed by atoms with Crippen molar-refractivity contribution >= 4 is 11.6 Å². The molecular weight excluding hydrogens is 264 g/mol. The fourth-order valence-electron chi connectivity index (χ4n) is 2.83. The summed E-state index contributed by atoms with van der Waals surface area (Å²) in [6.45, 7) is 5.26. The zero-order chi connectivity index (χ0) is 15.1. The van der Waals surface area contributed by atoms with Crippen molar-refractivity contribution in [3.8, 4) is 0 Å². The summed E-state index contributed by atoms with van der Waals surface area (Å²) in [6, 6.07) is 0.415. The second kappa shape index (κ2) is 8.17. The molecule has 118 valence electrons. The van der Waals surface area contributed by atoms with Crippen molar-refractivity contribution in [3.05, 3.63) is 11.9 Å². The maximum absolute atomic E-state index is 9.61. The largest absolute Gasteiger partial charge is 0.393 e. The molecule has 3 N–H and O–H groups in total. The van der Waals surface area contributed by atoms with Gasteiger partial charge in [-0.1, -0.05) is 20.3 Å². The maximum atomic E-state index is 9.61. The summed E-state index contributed by atoms with van der Waals surface area (Å²) in [5, 5.41) is 16.6. The third-order valence-corrected chi connectivity index (χ3v) is 4.03. The molecule has 1 saturated carbocycles. The van der Waals surface area contributed by atoms with Gasteiger partial charge in [0.1, 0.15) is 18.0 Å². The van der Waals surface area contributed by atoms with Crippen molar-refractivity contribution in [2.75, 3.05) is 17.2 Å². The summed E-state index contributed by atoms with van der Waals surface area (Å²) in [7, 11) is 0. The number of hydrogen-bond donors (Lipinski definition) is 3. The van der Waals surface area contributed by atoms with Gasteiger partial charge < -0.3 is 15.7 Å². The lowest BCUT2D eigenvalue weighted by molar-refractivity contribution is 0.126. The number of hydrogen-bond acceptors (Lipinski definition) is 5. The molecule has 0 aliphatic heterocycles. The summed E-state index contributed by atoms with van der Waals surface area (Å²) in [6.07, 6.45) is 8.43. The average Bonchev–Trinajstić information content (AvgIpc) is 2.50. The third-order valence-electron chi connectivity index (χ3n) is 4.03. The molecule has 21 heavy (non-hydrogen) atoms. The molecular formula is C16H28N4O. The molecule has 1 aliphatic carbocycles. The zero-order valence-electron chi connectivity index (χ0n) is 13.2. The molecule has 0 amide bonds. The van der Waals surface area contributed by atoms with E-state index in [9.17, 15) is 5.11 Å². The summed E-state index contributed by atoms with van der Waals surface area (Å²) in [5.41, 5.74) is 1.19. The molecule has 0 atom stereocenters. The van der Waals surface area contributed by atoms with Crippen molar-refractivity contribution in [1.82, 2.24) is 9.97 Å². The molecule has 0 unspecified atom stereocenters. The van der Waals surface area contributed by atoms with Crippen LogP contribution in [-0.2, 0) is 6.42 Å². The smallest absolute Gasteiger partial charge is 0.134 e. The number of nitrogens with zero attached hydrogens (tertiary/aromatic N) is 2. The van der Waals surface area contributed by atoms with Gasteiger partial charge in [-0.3, -0.25) is 0 Å². The fraction of sp³-hybridized carbons (Fsp3) is 0.750. The van der Waals surface area contributed by atoms with E-state index in [4.69, 9.17) is 0 Å². The summed E-state index contributed by atoms with van der Waals surface area (Å²) in [4.78, 5) is 8.85. The van der Waals surface area contributed by atoms with Crippen LogP contribution in [-0.4, -0.2) is 33.8 Å². The highest BCUT2D eigenvalue weighted by Gasteiger charge is 2.21. The average molecular weight is 292 g/mol. The van der Waals surface area contributed by atoms with E-state index in [0.29, 0.717) is 6.04 Å². The highest BCUT2D eigenvalue weighted by molar-refractivity contribution is 5.57. The highest BCUT2D eigenvalue weighted by atomic mass is 16.3. The molecule has 1 fully saturated rings. The lowest BCUT2D eigenvalue weighted by Gasteiger charge is -2.27. The summed E-state index contributed by atoms with van der Waals surface area (Å²) < 4.78 is 0. The molecule has 1 aromatic heterocycles. The molecule has 0 radical (unpaired) electrons. The molecule has 5 heteroatoms. The van der Waals surface area contributed by atoms with Crippen LogP contribution in [0.3, 0.4) is 0 Å². The van der Waals surface area contributed by atoms with Crippen LogP contribution < -0.4 is 10.6 Å². The van der Waals surface area contributed by atoms with Gasteiger partial charge in [-0.15, -0.1) is 0 Å². The molecule has 0 bridgehead atoms. The third kappa shape index (κ3) is 4.56. The van der Waals surface area contributed by atoms with Crippen molar-refractivity contribution in [2.45, 2.75) is 70.9 Å². The van der Waals surface area contributed by atoms with Crippen LogP contribution in [0, 0.1) is 0 Å². The Morgan fingerprint density at radius 1 is 1.10 bits per heavy atom. The van der Waals surface area contributed by atoms with Gasteiger partial charge >= 0.3 is 0 Å². The highest BCUT2D eigenvalue weighted by Crippen LogP contribution is 2.26. The Labute approximate surface area is 127 Å². The van der Waals surface area contributed by atoms with Crippen molar-refractivity contribution < 1.29 is 5.11 Å². The van der Waals surface area contributed by atoms with Crippen molar-refractivity contribution in [1.29, 1.82) is 0 Å². The monoisotopic (exact) mass is 292 g/mol. The SMILES string of the molecule is CCCNc1ncnc(NC2CCC(O)CC2)c1CCC. The topological polar surface area (TPSA) is 70.1 Å².